The van der Waals surface area contributed by atoms with Gasteiger partial charge in [-0.2, -0.15) is 0 Å². The first kappa shape index (κ1) is 17.1. The first-order valence-electron chi connectivity index (χ1n) is 8.67. The summed E-state index contributed by atoms with van der Waals surface area (Å²) in [6, 6.07) is 9.61. The van der Waals surface area contributed by atoms with Gasteiger partial charge in [-0.25, -0.2) is 14.8 Å². The normalized spacial score (nSPS) is 11.3. The van der Waals surface area contributed by atoms with Crippen LogP contribution in [0.25, 0.3) is 33.6 Å². The molecule has 0 saturated carbocycles. The molecule has 7 heteroatoms. The van der Waals surface area contributed by atoms with Gasteiger partial charge in [0.2, 0.25) is 0 Å². The average molecular weight is 364 g/mol. The van der Waals surface area contributed by atoms with Crippen LogP contribution in [0.3, 0.4) is 0 Å². The SMILES string of the molecule is CCc1ccc2cc(-c3nc4cc(C(=O)OC)c(OC)cc4n3C)[nH]c2n1. The lowest BCUT2D eigenvalue weighted by atomic mass is 10.1. The molecule has 0 atom stereocenters. The number of esters is 1. The van der Waals surface area contributed by atoms with E-state index in [0.29, 0.717) is 16.8 Å². The highest BCUT2D eigenvalue weighted by molar-refractivity contribution is 5.98. The second-order valence-electron chi connectivity index (χ2n) is 6.30. The lowest BCUT2D eigenvalue weighted by Gasteiger charge is -2.07. The first-order chi connectivity index (χ1) is 13.0. The van der Waals surface area contributed by atoms with Crippen molar-refractivity contribution in [3.8, 4) is 17.3 Å². The summed E-state index contributed by atoms with van der Waals surface area (Å²) in [4.78, 5) is 24.7. The molecule has 7 nitrogen and oxygen atoms in total. The molecule has 1 aromatic carbocycles. The molecule has 27 heavy (non-hydrogen) atoms. The molecular weight excluding hydrogens is 344 g/mol. The van der Waals surface area contributed by atoms with E-state index in [0.717, 1.165) is 40.2 Å². The number of pyridine rings is 1. The van der Waals surface area contributed by atoms with Gasteiger partial charge >= 0.3 is 5.97 Å². The first-order valence-corrected chi connectivity index (χ1v) is 8.67. The van der Waals surface area contributed by atoms with Crippen LogP contribution in [0, 0.1) is 0 Å². The van der Waals surface area contributed by atoms with E-state index in [9.17, 15) is 4.79 Å². The molecule has 4 rings (SSSR count). The zero-order valence-electron chi connectivity index (χ0n) is 15.7. The monoisotopic (exact) mass is 364 g/mol. The van der Waals surface area contributed by atoms with Crippen molar-refractivity contribution < 1.29 is 14.3 Å². The molecular formula is C20H20N4O3. The molecule has 0 fully saturated rings. The molecule has 3 aromatic heterocycles. The van der Waals surface area contributed by atoms with E-state index in [4.69, 9.17) is 14.5 Å². The van der Waals surface area contributed by atoms with Gasteiger partial charge in [0.05, 0.1) is 30.9 Å². The molecule has 0 radical (unpaired) electrons. The number of aryl methyl sites for hydroxylation is 2. The minimum absolute atomic E-state index is 0.350. The summed E-state index contributed by atoms with van der Waals surface area (Å²) in [6.45, 7) is 2.08. The van der Waals surface area contributed by atoms with Crippen molar-refractivity contribution >= 4 is 28.0 Å². The quantitative estimate of drug-likeness (QED) is 0.561. The topological polar surface area (TPSA) is 82.0 Å². The smallest absolute Gasteiger partial charge is 0.341 e. The molecule has 0 spiro atoms. The number of hydrogen-bond acceptors (Lipinski definition) is 5. The van der Waals surface area contributed by atoms with Gasteiger partial charge in [0.1, 0.15) is 17.0 Å². The van der Waals surface area contributed by atoms with Crippen LogP contribution < -0.4 is 4.74 Å². The number of hydrogen-bond donors (Lipinski definition) is 1. The van der Waals surface area contributed by atoms with E-state index in [1.807, 2.05) is 23.7 Å². The van der Waals surface area contributed by atoms with Gasteiger partial charge in [0, 0.05) is 24.2 Å². The van der Waals surface area contributed by atoms with Gasteiger partial charge in [-0.1, -0.05) is 6.92 Å². The minimum Gasteiger partial charge on any atom is -0.496 e. The minimum atomic E-state index is -0.456. The highest BCUT2D eigenvalue weighted by atomic mass is 16.5. The Balaban J connectivity index is 1.89. The maximum absolute atomic E-state index is 12.0. The van der Waals surface area contributed by atoms with Crippen molar-refractivity contribution in [2.24, 2.45) is 7.05 Å². The molecule has 0 saturated heterocycles. The van der Waals surface area contributed by atoms with E-state index in [1.165, 1.54) is 14.2 Å². The molecule has 4 aromatic rings. The Morgan fingerprint density at radius 3 is 2.70 bits per heavy atom. The Morgan fingerprint density at radius 2 is 2.00 bits per heavy atom. The molecule has 1 N–H and O–H groups in total. The number of H-pyrrole nitrogens is 1. The van der Waals surface area contributed by atoms with Crippen LogP contribution in [0.4, 0.5) is 0 Å². The van der Waals surface area contributed by atoms with Crippen molar-refractivity contribution in [3.05, 3.63) is 41.6 Å². The Hall–Kier alpha value is -3.35. The highest BCUT2D eigenvalue weighted by Crippen LogP contribution is 2.30. The lowest BCUT2D eigenvalue weighted by Crippen LogP contribution is -2.04. The third-order valence-corrected chi connectivity index (χ3v) is 4.75. The largest absolute Gasteiger partial charge is 0.496 e. The second-order valence-corrected chi connectivity index (χ2v) is 6.30. The molecule has 138 valence electrons. The summed E-state index contributed by atoms with van der Waals surface area (Å²) in [5, 5.41) is 1.03. The third-order valence-electron chi connectivity index (χ3n) is 4.75. The van der Waals surface area contributed by atoms with E-state index in [2.05, 4.69) is 23.0 Å². The van der Waals surface area contributed by atoms with E-state index < -0.39 is 5.97 Å². The fourth-order valence-corrected chi connectivity index (χ4v) is 3.26. The average Bonchev–Trinajstić information content (AvgIpc) is 3.26. The molecule has 0 unspecified atom stereocenters. The Kier molecular flexibility index (Phi) is 4.07. The second kappa shape index (κ2) is 6.42. The standard InChI is InChI=1S/C20H20N4O3/c1-5-12-7-6-11-8-15(22-18(11)21-12)19-23-14-9-13(20(25)27-4)17(26-3)10-16(14)24(19)2/h6-10H,5H2,1-4H3,(H,21,22). The zero-order valence-corrected chi connectivity index (χ0v) is 15.7. The Labute approximate surface area is 155 Å². The lowest BCUT2D eigenvalue weighted by molar-refractivity contribution is 0.0597. The number of aromatic amines is 1. The van der Waals surface area contributed by atoms with Crippen molar-refractivity contribution in [1.82, 2.24) is 19.5 Å². The summed E-state index contributed by atoms with van der Waals surface area (Å²) in [5.74, 6) is 0.753. The summed E-state index contributed by atoms with van der Waals surface area (Å²) >= 11 is 0. The molecule has 3 heterocycles. The molecule has 0 aliphatic carbocycles. The van der Waals surface area contributed by atoms with Gasteiger partial charge in [0.25, 0.3) is 0 Å². The maximum Gasteiger partial charge on any atom is 0.341 e. The van der Waals surface area contributed by atoms with Crippen molar-refractivity contribution in [3.63, 3.8) is 0 Å². The van der Waals surface area contributed by atoms with Crippen LogP contribution in [-0.4, -0.2) is 39.7 Å². The maximum atomic E-state index is 12.0. The van der Waals surface area contributed by atoms with E-state index in [1.54, 1.807) is 12.1 Å². The summed E-state index contributed by atoms with van der Waals surface area (Å²) in [6.07, 6.45) is 0.882. The Bertz CT molecular complexity index is 1170. The van der Waals surface area contributed by atoms with E-state index >= 15 is 0 Å². The van der Waals surface area contributed by atoms with Crippen molar-refractivity contribution in [1.29, 1.82) is 0 Å². The summed E-state index contributed by atoms with van der Waals surface area (Å²) in [7, 11) is 4.80. The number of carbonyl (C=O) groups excluding carboxylic acids is 1. The van der Waals surface area contributed by atoms with Crippen LogP contribution in [0.5, 0.6) is 5.75 Å². The number of aromatic nitrogens is 4. The number of benzene rings is 1. The number of imidazole rings is 1. The number of nitrogens with one attached hydrogen (secondary N) is 1. The number of methoxy groups -OCH3 is 2. The zero-order chi connectivity index (χ0) is 19.1. The van der Waals surface area contributed by atoms with Gasteiger partial charge in [0.15, 0.2) is 5.82 Å². The predicted octanol–water partition coefficient (Wildman–Crippen LogP) is 3.47. The van der Waals surface area contributed by atoms with Gasteiger partial charge in [-0.15, -0.1) is 0 Å². The van der Waals surface area contributed by atoms with Crippen LogP contribution in [-0.2, 0) is 18.2 Å². The van der Waals surface area contributed by atoms with Gasteiger partial charge in [-0.05, 0) is 30.7 Å². The number of nitrogens with zero attached hydrogens (tertiary/aromatic N) is 3. The van der Waals surface area contributed by atoms with Crippen molar-refractivity contribution in [2.75, 3.05) is 14.2 Å². The van der Waals surface area contributed by atoms with Gasteiger partial charge < -0.3 is 19.0 Å². The fraction of sp³-hybridized carbons (Fsp3) is 0.250. The third kappa shape index (κ3) is 2.71. The highest BCUT2D eigenvalue weighted by Gasteiger charge is 2.19. The number of fused-ring (bicyclic) bond motifs is 2. The predicted molar refractivity (Wildman–Crippen MR) is 103 cm³/mol. The number of carbonyl (C=O) groups is 1. The number of rotatable bonds is 4. The van der Waals surface area contributed by atoms with Crippen LogP contribution in [0.15, 0.2) is 30.3 Å². The summed E-state index contributed by atoms with van der Waals surface area (Å²) < 4.78 is 12.2. The van der Waals surface area contributed by atoms with E-state index in [-0.39, 0.29) is 0 Å². The summed E-state index contributed by atoms with van der Waals surface area (Å²) in [5.41, 5.74) is 4.63. The molecule has 0 bridgehead atoms. The fourth-order valence-electron chi connectivity index (χ4n) is 3.26. The molecule has 0 aliphatic heterocycles. The number of ether oxygens (including phenoxy) is 2. The Morgan fingerprint density at radius 1 is 1.19 bits per heavy atom. The van der Waals surface area contributed by atoms with Gasteiger partial charge in [-0.3, -0.25) is 0 Å². The molecule has 0 aliphatic rings. The van der Waals surface area contributed by atoms with Crippen LogP contribution in [0.1, 0.15) is 23.0 Å². The van der Waals surface area contributed by atoms with Crippen LogP contribution in [0.2, 0.25) is 0 Å². The molecule has 0 amide bonds. The van der Waals surface area contributed by atoms with Crippen molar-refractivity contribution in [2.45, 2.75) is 13.3 Å². The van der Waals surface area contributed by atoms with Crippen LogP contribution >= 0.6 is 0 Å².